The molecule has 0 nitrogen and oxygen atoms in total. The second-order valence-corrected chi connectivity index (χ2v) is 12.7. The van der Waals surface area contributed by atoms with E-state index in [1.807, 2.05) is 0 Å². The highest BCUT2D eigenvalue weighted by atomic mass is 14.4. The molecule has 0 saturated carbocycles. The topological polar surface area (TPSA) is 0 Å². The molecule has 163 valence electrons. The zero-order valence-electron chi connectivity index (χ0n) is 21.2. The first-order valence-corrected chi connectivity index (χ1v) is 11.8. The normalized spacial score (nSPS) is 16.5. The lowest BCUT2D eigenvalue weighted by molar-refractivity contribution is 0.497. The average molecular weight is 412 g/mol. The van der Waals surface area contributed by atoms with E-state index in [0.717, 1.165) is 6.42 Å². The number of allylic oxidation sites excluding steroid dienone is 4. The van der Waals surface area contributed by atoms with Crippen molar-refractivity contribution in [3.63, 3.8) is 0 Å². The van der Waals surface area contributed by atoms with E-state index in [1.165, 1.54) is 50.1 Å². The molecule has 0 spiro atoms. The maximum absolute atomic E-state index is 2.46. The monoisotopic (exact) mass is 411 g/mol. The molecule has 0 bridgehead atoms. The first-order valence-electron chi connectivity index (χ1n) is 11.8. The molecule has 2 aliphatic carbocycles. The molecule has 2 aromatic rings. The van der Waals surface area contributed by atoms with Crippen LogP contribution in [-0.4, -0.2) is 0 Å². The molecule has 0 fully saturated rings. The van der Waals surface area contributed by atoms with Gasteiger partial charge in [0.15, 0.2) is 0 Å². The Morgan fingerprint density at radius 3 is 1.90 bits per heavy atom. The van der Waals surface area contributed by atoms with Crippen molar-refractivity contribution in [2.75, 3.05) is 0 Å². The fourth-order valence-corrected chi connectivity index (χ4v) is 5.00. The molecule has 2 aliphatic rings. The summed E-state index contributed by atoms with van der Waals surface area (Å²) in [5.74, 6) is 0. The third kappa shape index (κ3) is 3.84. The number of rotatable bonds is 1. The van der Waals surface area contributed by atoms with Gasteiger partial charge in [-0.2, -0.15) is 0 Å². The predicted octanol–water partition coefficient (Wildman–Crippen LogP) is 9.01. The Balaban J connectivity index is 1.89. The highest BCUT2D eigenvalue weighted by molar-refractivity contribution is 5.91. The molecule has 4 rings (SSSR count). The maximum Gasteiger partial charge on any atom is 0.0218 e. The van der Waals surface area contributed by atoms with Gasteiger partial charge in [-0.1, -0.05) is 104 Å². The molecule has 0 aliphatic heterocycles. The molecular weight excluding hydrogens is 372 g/mol. The fraction of sp³-hybridized carbons (Fsp3) is 0.452. The molecule has 2 aromatic carbocycles. The van der Waals surface area contributed by atoms with Crippen molar-refractivity contribution >= 4 is 5.57 Å². The van der Waals surface area contributed by atoms with E-state index in [9.17, 15) is 0 Å². The zero-order valence-corrected chi connectivity index (χ0v) is 21.2. The summed E-state index contributed by atoms with van der Waals surface area (Å²) < 4.78 is 0. The van der Waals surface area contributed by atoms with Crippen LogP contribution < -0.4 is 0 Å². The average Bonchev–Trinajstić information content (AvgIpc) is 3.19. The first kappa shape index (κ1) is 22.1. The van der Waals surface area contributed by atoms with Gasteiger partial charge in [0.2, 0.25) is 0 Å². The lowest BCUT2D eigenvalue weighted by atomic mass is 9.76. The van der Waals surface area contributed by atoms with Crippen molar-refractivity contribution < 1.29 is 0 Å². The Hall–Kier alpha value is -2.08. The molecule has 0 amide bonds. The predicted molar refractivity (Wildman–Crippen MR) is 137 cm³/mol. The quantitative estimate of drug-likeness (QED) is 0.375. The second kappa shape index (κ2) is 6.96. The van der Waals surface area contributed by atoms with Crippen LogP contribution in [0.1, 0.15) is 103 Å². The summed E-state index contributed by atoms with van der Waals surface area (Å²) >= 11 is 0. The molecular formula is C31H39. The first-order chi connectivity index (χ1) is 14.2. The molecule has 0 aromatic heterocycles. The third-order valence-electron chi connectivity index (χ3n) is 7.06. The molecule has 0 N–H and O–H groups in total. The van der Waals surface area contributed by atoms with Gasteiger partial charge in [0, 0.05) is 6.42 Å². The highest BCUT2D eigenvalue weighted by Gasteiger charge is 2.33. The number of hydrogen-bond acceptors (Lipinski definition) is 0. The Morgan fingerprint density at radius 2 is 1.35 bits per heavy atom. The van der Waals surface area contributed by atoms with Gasteiger partial charge < -0.3 is 0 Å². The lowest BCUT2D eigenvalue weighted by Gasteiger charge is -2.28. The van der Waals surface area contributed by atoms with E-state index in [-0.39, 0.29) is 16.2 Å². The second-order valence-electron chi connectivity index (χ2n) is 12.7. The molecule has 0 saturated heterocycles. The van der Waals surface area contributed by atoms with Crippen molar-refractivity contribution in [3.05, 3.63) is 81.8 Å². The SMILES string of the molecule is CC1=C(c2c(C(C)(C)C)ccc3c2[CH]c2cc(C(C)(C)C)ccc2-3)CC(C(C)(C)C)=C1. The minimum absolute atomic E-state index is 0.0985. The smallest absolute Gasteiger partial charge is 0.0218 e. The van der Waals surface area contributed by atoms with E-state index >= 15 is 0 Å². The Kier molecular flexibility index (Phi) is 4.97. The van der Waals surface area contributed by atoms with Crippen molar-refractivity contribution in [2.45, 2.75) is 86.5 Å². The van der Waals surface area contributed by atoms with Crippen LogP contribution in [0.2, 0.25) is 0 Å². The molecule has 0 unspecified atom stereocenters. The summed E-state index contributed by atoms with van der Waals surface area (Å²) in [6.45, 7) is 23.3. The summed E-state index contributed by atoms with van der Waals surface area (Å²) in [5, 5.41) is 0. The standard InChI is InChI=1S/C31H39/c1-19-15-22(30(5,6)7)18-25(19)28-26-17-20-16-21(29(2,3)4)11-12-23(20)24(26)13-14-27(28)31(8,9)10/h11-17H,18H2,1-10H3. The van der Waals surface area contributed by atoms with E-state index in [4.69, 9.17) is 0 Å². The Morgan fingerprint density at radius 1 is 0.710 bits per heavy atom. The molecule has 31 heavy (non-hydrogen) atoms. The molecule has 1 radical (unpaired) electrons. The van der Waals surface area contributed by atoms with Crippen LogP contribution in [0.4, 0.5) is 0 Å². The molecule has 0 heteroatoms. The molecule has 0 atom stereocenters. The van der Waals surface area contributed by atoms with Crippen LogP contribution in [0.25, 0.3) is 16.7 Å². The van der Waals surface area contributed by atoms with Gasteiger partial charge in [-0.15, -0.1) is 0 Å². The third-order valence-corrected chi connectivity index (χ3v) is 7.06. The summed E-state index contributed by atoms with van der Waals surface area (Å²) in [5.41, 5.74) is 14.9. The van der Waals surface area contributed by atoms with Crippen LogP contribution >= 0.6 is 0 Å². The van der Waals surface area contributed by atoms with E-state index in [1.54, 1.807) is 5.57 Å². The van der Waals surface area contributed by atoms with Gasteiger partial charge >= 0.3 is 0 Å². The van der Waals surface area contributed by atoms with Crippen molar-refractivity contribution in [3.8, 4) is 11.1 Å². The summed E-state index contributed by atoms with van der Waals surface area (Å²) in [6, 6.07) is 11.8. The minimum Gasteiger partial charge on any atom is -0.0601 e. The Bertz CT molecular complexity index is 1110. The minimum atomic E-state index is 0.0985. The van der Waals surface area contributed by atoms with Crippen molar-refractivity contribution in [1.82, 2.24) is 0 Å². The van der Waals surface area contributed by atoms with Crippen LogP contribution in [0, 0.1) is 11.8 Å². The number of benzene rings is 2. The van der Waals surface area contributed by atoms with Crippen LogP contribution in [-0.2, 0) is 10.8 Å². The van der Waals surface area contributed by atoms with E-state index in [2.05, 4.69) is 112 Å². The van der Waals surface area contributed by atoms with Gasteiger partial charge in [0.25, 0.3) is 0 Å². The summed E-state index contributed by atoms with van der Waals surface area (Å²) in [6.07, 6.45) is 5.97. The van der Waals surface area contributed by atoms with Crippen LogP contribution in [0.3, 0.4) is 0 Å². The number of hydrogen-bond donors (Lipinski definition) is 0. The Labute approximate surface area is 190 Å². The van der Waals surface area contributed by atoms with Gasteiger partial charge in [-0.3, -0.25) is 0 Å². The van der Waals surface area contributed by atoms with Gasteiger partial charge in [0.05, 0.1) is 0 Å². The largest absolute Gasteiger partial charge is 0.0601 e. The van der Waals surface area contributed by atoms with Gasteiger partial charge in [-0.05, 0) is 79.7 Å². The summed E-state index contributed by atoms with van der Waals surface area (Å²) in [4.78, 5) is 0. The fourth-order valence-electron chi connectivity index (χ4n) is 5.00. The van der Waals surface area contributed by atoms with E-state index in [0.29, 0.717) is 0 Å². The lowest BCUT2D eigenvalue weighted by Crippen LogP contribution is -2.16. The zero-order chi connectivity index (χ0) is 22.9. The van der Waals surface area contributed by atoms with Gasteiger partial charge in [-0.25, -0.2) is 0 Å². The van der Waals surface area contributed by atoms with Crippen molar-refractivity contribution in [1.29, 1.82) is 0 Å². The van der Waals surface area contributed by atoms with E-state index < -0.39 is 0 Å². The molecule has 0 heterocycles. The summed E-state index contributed by atoms with van der Waals surface area (Å²) in [7, 11) is 0. The van der Waals surface area contributed by atoms with Crippen molar-refractivity contribution in [2.24, 2.45) is 5.41 Å². The number of fused-ring (bicyclic) bond motifs is 3. The highest BCUT2D eigenvalue weighted by Crippen LogP contribution is 2.50. The van der Waals surface area contributed by atoms with Gasteiger partial charge in [0.1, 0.15) is 0 Å². The maximum atomic E-state index is 2.46. The van der Waals surface area contributed by atoms with Crippen LogP contribution in [0.15, 0.2) is 47.6 Å². The van der Waals surface area contributed by atoms with Crippen LogP contribution in [0.5, 0.6) is 0 Å².